The summed E-state index contributed by atoms with van der Waals surface area (Å²) in [5.74, 6) is 0. The Kier molecular flexibility index (Phi) is 19.5. The van der Waals surface area contributed by atoms with Crippen molar-refractivity contribution < 1.29 is 13.3 Å². The number of fused-ring (bicyclic) bond motifs is 24. The summed E-state index contributed by atoms with van der Waals surface area (Å²) in [5, 5.41) is 14.6. The van der Waals surface area contributed by atoms with Crippen LogP contribution in [0.3, 0.4) is 0 Å². The maximum Gasteiger partial charge on any atom is 0.161 e. The van der Waals surface area contributed by atoms with Crippen LogP contribution in [-0.4, -0.2) is 13.7 Å². The number of para-hydroxylation sites is 6. The molecule has 0 aliphatic rings. The topological polar surface area (TPSA) is 54.2 Å². The number of thiophene rings is 3. The van der Waals surface area contributed by atoms with E-state index in [9.17, 15) is 0 Å². The van der Waals surface area contributed by atoms with Crippen molar-refractivity contribution in [3.63, 3.8) is 0 Å². The number of aromatic nitrogens is 3. The van der Waals surface area contributed by atoms with Gasteiger partial charge in [-0.05, 0) is 246 Å². The van der Waals surface area contributed by atoms with Crippen molar-refractivity contribution in [1.82, 2.24) is 13.7 Å². The number of hydrogen-bond acceptors (Lipinski definition) is 6. The monoisotopic (exact) mass is 1850 g/mol. The molecule has 6 nitrogen and oxygen atoms in total. The molecule has 0 N–H and O–H groups in total. The van der Waals surface area contributed by atoms with E-state index in [4.69, 9.17) is 13.3 Å². The third kappa shape index (κ3) is 13.7. The Morgan fingerprint density at radius 3 is 0.929 bits per heavy atom. The van der Waals surface area contributed by atoms with Crippen LogP contribution in [0.4, 0.5) is 0 Å². The molecule has 0 fully saturated rings. The zero-order chi connectivity index (χ0) is 92.7. The molecule has 0 saturated carbocycles. The Balaban J connectivity index is 0.000000104. The lowest BCUT2D eigenvalue weighted by atomic mass is 9.95. The summed E-state index contributed by atoms with van der Waals surface area (Å²) >= 11 is 5.66. The fourth-order valence-electron chi connectivity index (χ4n) is 21.7. The number of furan rings is 3. The van der Waals surface area contributed by atoms with Crippen LogP contribution in [0.15, 0.2) is 505 Å². The first-order valence-corrected chi connectivity index (χ1v) is 50.2. The highest BCUT2D eigenvalue weighted by atomic mass is 32.1. The molecule has 660 valence electrons. The predicted octanol–water partition coefficient (Wildman–Crippen LogP) is 38.7. The highest BCUT2D eigenvalue weighted by Crippen LogP contribution is 2.51. The zero-order valence-corrected chi connectivity index (χ0v) is 78.5. The fraction of sp³-hybridized carbons (Fsp3) is 0. The van der Waals surface area contributed by atoms with Gasteiger partial charge in [0.1, 0.15) is 33.3 Å². The molecule has 141 heavy (non-hydrogen) atoms. The zero-order valence-electron chi connectivity index (χ0n) is 76.1. The van der Waals surface area contributed by atoms with Gasteiger partial charge >= 0.3 is 0 Å². The maximum atomic E-state index is 6.67. The van der Waals surface area contributed by atoms with Gasteiger partial charge in [-0.2, -0.15) is 0 Å². The maximum absolute atomic E-state index is 6.67. The summed E-state index contributed by atoms with van der Waals surface area (Å²) in [6.07, 6.45) is 0. The molecular formula is C132H81N3O3S3. The largest absolute Gasteiger partial charge is 0.454 e. The first kappa shape index (κ1) is 81.6. The second-order valence-corrected chi connectivity index (χ2v) is 39.4. The molecule has 0 spiro atoms. The Morgan fingerprint density at radius 2 is 0.454 bits per heavy atom. The molecule has 0 unspecified atom stereocenters. The molecule has 0 saturated heterocycles. The second kappa shape index (κ2) is 33.6. The van der Waals surface area contributed by atoms with E-state index in [0.717, 1.165) is 127 Å². The van der Waals surface area contributed by atoms with E-state index < -0.39 is 0 Å². The molecule has 0 amide bonds. The van der Waals surface area contributed by atoms with Gasteiger partial charge in [0.25, 0.3) is 0 Å². The van der Waals surface area contributed by atoms with Crippen LogP contribution in [-0.2, 0) is 0 Å². The van der Waals surface area contributed by atoms with E-state index in [-0.39, 0.29) is 0 Å². The van der Waals surface area contributed by atoms with Crippen LogP contribution in [0.25, 0.3) is 277 Å². The molecule has 9 aromatic heterocycles. The molecule has 21 aromatic carbocycles. The minimum Gasteiger partial charge on any atom is -0.454 e. The summed E-state index contributed by atoms with van der Waals surface area (Å²) in [7, 11) is 0. The van der Waals surface area contributed by atoms with Gasteiger partial charge in [0.2, 0.25) is 0 Å². The second-order valence-electron chi connectivity index (χ2n) is 36.3. The van der Waals surface area contributed by atoms with Gasteiger partial charge in [0.15, 0.2) is 16.7 Å². The van der Waals surface area contributed by atoms with Crippen molar-refractivity contribution in [2.45, 2.75) is 0 Å². The average Bonchev–Trinajstić information content (AvgIpc) is 1.57. The molecule has 0 bridgehead atoms. The molecule has 9 heterocycles. The van der Waals surface area contributed by atoms with Crippen molar-refractivity contribution in [3.05, 3.63) is 491 Å². The highest BCUT2D eigenvalue weighted by Gasteiger charge is 2.27. The number of nitrogens with zero attached hydrogens (tertiary/aromatic N) is 3. The molecule has 0 aliphatic carbocycles. The summed E-state index contributed by atoms with van der Waals surface area (Å²) in [6.45, 7) is 0. The van der Waals surface area contributed by atoms with E-state index >= 15 is 0 Å². The van der Waals surface area contributed by atoms with Gasteiger partial charge in [-0.15, -0.1) is 34.0 Å². The minimum atomic E-state index is 0.896. The van der Waals surface area contributed by atoms with Gasteiger partial charge in [0.05, 0.1) is 16.6 Å². The lowest BCUT2D eigenvalue weighted by Crippen LogP contribution is -1.92. The lowest BCUT2D eigenvalue weighted by Gasteiger charge is -2.09. The lowest BCUT2D eigenvalue weighted by molar-refractivity contribution is 0.672. The minimum absolute atomic E-state index is 0.896. The SMILES string of the molecule is c1ccc(-c2ccc3sc4c(-c5cccc(-c6ccc7c(c6)oc6c8ccccc8n(-c8ccccc8)c76)c5)cccc4c3c2)cc1.c1ccc(-c2cccc3c2sc2c(-c4cccc(-c5ccc6oc7c8ccccc8n(-c8ccccc8)c7c6c5)c4)cccc23)cc1.c1ccc(-c2cccc3c2sc2cccc(-c4cccc(-c5ccc6c(c5)oc5c7ccccc7n(-c7ccccc7)c65)c4)c23)cc1. The van der Waals surface area contributed by atoms with Crippen LogP contribution in [0.1, 0.15) is 0 Å². The first-order chi connectivity index (χ1) is 69.9. The van der Waals surface area contributed by atoms with Crippen molar-refractivity contribution in [2.75, 3.05) is 0 Å². The molecule has 0 aliphatic heterocycles. The Bertz CT molecular complexity index is 10200. The normalized spacial score (nSPS) is 11.8. The smallest absolute Gasteiger partial charge is 0.161 e. The number of hydrogen-bond donors (Lipinski definition) is 0. The Morgan fingerprint density at radius 1 is 0.156 bits per heavy atom. The van der Waals surface area contributed by atoms with Gasteiger partial charge in [-0.25, -0.2) is 0 Å². The first-order valence-electron chi connectivity index (χ1n) is 47.8. The summed E-state index contributed by atoms with van der Waals surface area (Å²) in [5.41, 5.74) is 37.6. The third-order valence-electron chi connectivity index (χ3n) is 28.2. The van der Waals surface area contributed by atoms with Crippen molar-refractivity contribution in [1.29, 1.82) is 0 Å². The summed E-state index contributed by atoms with van der Waals surface area (Å²) < 4.78 is 34.8. The van der Waals surface area contributed by atoms with E-state index in [0.29, 0.717) is 0 Å². The van der Waals surface area contributed by atoms with Gasteiger partial charge in [-0.3, -0.25) is 0 Å². The molecule has 0 atom stereocenters. The van der Waals surface area contributed by atoms with Crippen molar-refractivity contribution >= 4 is 193 Å². The van der Waals surface area contributed by atoms with Crippen molar-refractivity contribution in [3.8, 4) is 117 Å². The van der Waals surface area contributed by atoms with Gasteiger partial charge in [0, 0.05) is 110 Å². The predicted molar refractivity (Wildman–Crippen MR) is 599 cm³/mol. The molecule has 9 heteroatoms. The standard InChI is InChI=1S/3C44H27NOS/c1-3-12-28(13-4-1)34-20-10-21-37-41-33(19-11-23-40(41)47-44(34)37)31-15-9-14-29(26-31)30-24-25-36-39(27-30)46-43-35-18-7-8-22-38(35)45(42(36)43)32-16-5-2-6-17-32;1-3-12-28(13-4-1)33-19-10-21-35-36-22-11-20-34(44(36)47-43(33)35)31-15-9-14-29(26-31)30-24-25-40-38(27-30)41-42(46-40)37-18-7-8-23-39(37)45(41)32-16-5-2-6-17-32;1-3-11-28(12-4-1)30-22-24-41-38(26-30)35-19-10-18-34(44(35)47-41)32-14-9-13-29(25-32)31-21-23-37-40(27-31)46-43-36-17-7-8-20-39(36)45(42(37)43)33-15-5-2-6-16-33/h3*1-27H. The Labute approximate surface area is 822 Å². The molecule has 30 rings (SSSR count). The average molecular weight is 1850 g/mol. The van der Waals surface area contributed by atoms with E-state index in [1.54, 1.807) is 0 Å². The number of benzene rings is 21. The van der Waals surface area contributed by atoms with Crippen LogP contribution >= 0.6 is 34.0 Å². The van der Waals surface area contributed by atoms with Gasteiger partial charge < -0.3 is 27.0 Å². The number of rotatable bonds is 12. The fourth-order valence-corrected chi connectivity index (χ4v) is 25.6. The molecule has 30 aromatic rings. The van der Waals surface area contributed by atoms with Crippen LogP contribution in [0, 0.1) is 0 Å². The van der Waals surface area contributed by atoms with E-state index in [1.165, 1.54) is 150 Å². The molecular weight excluding hydrogens is 1770 g/mol. The van der Waals surface area contributed by atoms with Crippen LogP contribution < -0.4 is 0 Å². The van der Waals surface area contributed by atoms with Gasteiger partial charge in [-0.1, -0.05) is 346 Å². The van der Waals surface area contributed by atoms with Crippen LogP contribution in [0.5, 0.6) is 0 Å². The quantitative estimate of drug-likeness (QED) is 0.122. The summed E-state index contributed by atoms with van der Waals surface area (Å²) in [4.78, 5) is 0. The van der Waals surface area contributed by atoms with E-state index in [2.05, 4.69) is 505 Å². The van der Waals surface area contributed by atoms with Crippen LogP contribution in [0.2, 0.25) is 0 Å². The third-order valence-corrected chi connectivity index (χ3v) is 31.9. The molecule has 0 radical (unpaired) electrons. The Hall–Kier alpha value is -17.7. The van der Waals surface area contributed by atoms with Crippen molar-refractivity contribution in [2.24, 2.45) is 0 Å². The highest BCUT2D eigenvalue weighted by molar-refractivity contribution is 7.27. The summed E-state index contributed by atoms with van der Waals surface area (Å²) in [6, 6.07) is 176. The van der Waals surface area contributed by atoms with E-state index in [1.807, 2.05) is 34.0 Å².